The molecule has 1 aliphatic heterocycles. The zero-order valence-electron chi connectivity index (χ0n) is 44.6. The highest BCUT2D eigenvalue weighted by molar-refractivity contribution is 7.99. The number of ether oxygens (including phenoxy) is 7. The molecule has 5 N–H and O–H groups in total. The van der Waals surface area contributed by atoms with Crippen molar-refractivity contribution in [1.82, 2.24) is 5.32 Å². The quantitative estimate of drug-likeness (QED) is 0.0288. The van der Waals surface area contributed by atoms with Gasteiger partial charge in [0, 0.05) is 31.9 Å². The van der Waals surface area contributed by atoms with E-state index in [2.05, 4.69) is 43.5 Å². The van der Waals surface area contributed by atoms with Crippen LogP contribution < -0.4 is 5.32 Å². The molecular weight excluding hydrogens is 911 g/mol. The van der Waals surface area contributed by atoms with Gasteiger partial charge in [-0.05, 0) is 64.2 Å². The number of thioether (sulfide) groups is 1. The number of carbonyl (C=O) groups is 1. The molecule has 6 atom stereocenters. The lowest BCUT2D eigenvalue weighted by Gasteiger charge is -2.39. The van der Waals surface area contributed by atoms with Crippen molar-refractivity contribution >= 4 is 17.7 Å². The fourth-order valence-electron chi connectivity index (χ4n) is 8.11. The minimum Gasteiger partial charge on any atom is -0.394 e. The fourth-order valence-corrected chi connectivity index (χ4v) is 9.22. The number of carbonyl (C=O) groups excluding carboxylic acids is 1. The molecule has 13 nitrogen and oxygen atoms in total. The molecule has 0 radical (unpaired) electrons. The molecule has 0 saturated carbocycles. The van der Waals surface area contributed by atoms with Gasteiger partial charge in [0.15, 0.2) is 0 Å². The molecule has 14 heteroatoms. The van der Waals surface area contributed by atoms with Gasteiger partial charge in [0.25, 0.3) is 0 Å². The molecule has 0 bridgehead atoms. The summed E-state index contributed by atoms with van der Waals surface area (Å²) < 4.78 is 40.6. The largest absolute Gasteiger partial charge is 0.394 e. The topological polar surface area (TPSA) is 175 Å². The van der Waals surface area contributed by atoms with Crippen molar-refractivity contribution in [1.29, 1.82) is 0 Å². The molecule has 1 fully saturated rings. The van der Waals surface area contributed by atoms with Gasteiger partial charge in [-0.15, -0.1) is 11.8 Å². The molecule has 70 heavy (non-hydrogen) atoms. The highest BCUT2D eigenvalue weighted by Gasteiger charge is 2.43. The Labute approximate surface area is 431 Å². The van der Waals surface area contributed by atoms with Gasteiger partial charge in [-0.3, -0.25) is 4.79 Å². The van der Waals surface area contributed by atoms with Gasteiger partial charge in [0.1, 0.15) is 36.0 Å². The maximum absolute atomic E-state index is 12.2. The first-order chi connectivity index (χ1) is 34.4. The molecule has 3 unspecified atom stereocenters. The number of nitrogens with one attached hydrogen (secondary N) is 1. The van der Waals surface area contributed by atoms with E-state index in [9.17, 15) is 25.2 Å². The van der Waals surface area contributed by atoms with E-state index >= 15 is 0 Å². The van der Waals surface area contributed by atoms with Crippen LogP contribution in [0.2, 0.25) is 0 Å². The van der Waals surface area contributed by atoms with Crippen LogP contribution in [0.25, 0.3) is 0 Å². The average Bonchev–Trinajstić information content (AvgIpc) is 3.36. The Morgan fingerprint density at radius 3 is 1.41 bits per heavy atom. The molecular formula is C56H107NO12S. The maximum atomic E-state index is 12.2. The molecule has 1 saturated heterocycles. The van der Waals surface area contributed by atoms with Crippen molar-refractivity contribution in [3.63, 3.8) is 0 Å². The van der Waals surface area contributed by atoms with Gasteiger partial charge >= 0.3 is 0 Å². The monoisotopic (exact) mass is 1020 g/mol. The van der Waals surface area contributed by atoms with Crippen LogP contribution in [-0.4, -0.2) is 154 Å². The van der Waals surface area contributed by atoms with Crippen LogP contribution in [0.4, 0.5) is 0 Å². The number of unbranched alkanes of at least 4 members (excludes halogenated alkanes) is 24. The molecule has 0 aromatic rings. The molecule has 1 aliphatic rings. The Hall–Kier alpha value is -1.14. The highest BCUT2D eigenvalue weighted by atomic mass is 32.2. The molecule has 0 aromatic carbocycles. The third-order valence-corrected chi connectivity index (χ3v) is 13.7. The number of hydrogen-bond donors (Lipinski definition) is 5. The van der Waals surface area contributed by atoms with E-state index in [0.717, 1.165) is 37.8 Å². The number of aliphatic hydroxyl groups is 4. The van der Waals surface area contributed by atoms with Gasteiger partial charge in [0.05, 0.1) is 66.1 Å². The smallest absolute Gasteiger partial charge is 0.220 e. The van der Waals surface area contributed by atoms with E-state index in [1.165, 1.54) is 167 Å². The van der Waals surface area contributed by atoms with Crippen LogP contribution in [0.1, 0.15) is 200 Å². The number of aliphatic hydroxyl groups excluding tert-OH is 4. The summed E-state index contributed by atoms with van der Waals surface area (Å²) in [7, 11) is 0. The van der Waals surface area contributed by atoms with Gasteiger partial charge in [-0.1, -0.05) is 154 Å². The van der Waals surface area contributed by atoms with Crippen molar-refractivity contribution < 1.29 is 58.4 Å². The molecule has 1 heterocycles. The van der Waals surface area contributed by atoms with Gasteiger partial charge in [-0.2, -0.15) is 0 Å². The maximum Gasteiger partial charge on any atom is 0.220 e. The standard InChI is InChI=1S/C56H107NO12S/c1-3-5-7-9-11-13-15-17-19-21-23-25-27-29-31-33-37-66-48-50(68-38-34-32-30-28-26-24-22-20-18-16-14-12-10-8-6-4-2)49-67-45-44-65-43-42-64-41-40-63-39-36-57-52(59)35-46-70-56-55(62)54(61)53(60)51(47-58)69-56/h17-20,50-51,53-56,58,60-62H,3-16,21-49H2,1-2H3,(H,57,59)/t50?,51?,53-,54+,55?,56-/m1/s1. The number of hydrogen-bond acceptors (Lipinski definition) is 13. The third kappa shape index (κ3) is 42.2. The minimum atomic E-state index is -1.43. The lowest BCUT2D eigenvalue weighted by Crippen LogP contribution is -2.57. The van der Waals surface area contributed by atoms with E-state index in [4.69, 9.17) is 33.2 Å². The van der Waals surface area contributed by atoms with Crippen LogP contribution in [0.5, 0.6) is 0 Å². The summed E-state index contributed by atoms with van der Waals surface area (Å²) in [6.45, 7) is 9.94. The zero-order valence-corrected chi connectivity index (χ0v) is 45.5. The second kappa shape index (κ2) is 52.7. The predicted octanol–water partition coefficient (Wildman–Crippen LogP) is 10.6. The van der Waals surface area contributed by atoms with E-state index in [1.807, 2.05) is 0 Å². The minimum absolute atomic E-state index is 0.0852. The Morgan fingerprint density at radius 1 is 0.514 bits per heavy atom. The van der Waals surface area contributed by atoms with Crippen molar-refractivity contribution in [2.24, 2.45) is 0 Å². The lowest BCUT2D eigenvalue weighted by atomic mass is 10.0. The fraction of sp³-hybridized carbons (Fsp3) is 0.911. The van der Waals surface area contributed by atoms with Crippen molar-refractivity contribution in [3.05, 3.63) is 24.3 Å². The summed E-state index contributed by atoms with van der Waals surface area (Å²) in [5.41, 5.74) is -0.849. The Balaban J connectivity index is 2.14. The average molecular weight is 1020 g/mol. The van der Waals surface area contributed by atoms with Gasteiger partial charge in [0.2, 0.25) is 5.91 Å². The van der Waals surface area contributed by atoms with Crippen molar-refractivity contribution in [2.75, 3.05) is 91.6 Å². The predicted molar refractivity (Wildman–Crippen MR) is 287 cm³/mol. The van der Waals surface area contributed by atoms with Crippen LogP contribution in [0, 0.1) is 0 Å². The summed E-state index contributed by atoms with van der Waals surface area (Å²) in [5.74, 6) is 0.149. The number of rotatable bonds is 54. The molecule has 414 valence electrons. The van der Waals surface area contributed by atoms with Crippen LogP contribution in [0.3, 0.4) is 0 Å². The highest BCUT2D eigenvalue weighted by Crippen LogP contribution is 2.29. The Bertz CT molecular complexity index is 1150. The second-order valence-corrected chi connectivity index (χ2v) is 20.2. The SMILES string of the molecule is CCCCCCCCC=CCCCCCCCCOCC(COCCOCCOCCOCCNC(=O)CCS[C@H]1OC(CO)[C@@H](O)[C@H](O)C1O)OCCCCCCCCC=CCCCCCCCC. The lowest BCUT2D eigenvalue weighted by molar-refractivity contribution is -0.205. The van der Waals surface area contributed by atoms with Crippen LogP contribution in [0.15, 0.2) is 24.3 Å². The van der Waals surface area contributed by atoms with Crippen LogP contribution >= 0.6 is 11.8 Å². The van der Waals surface area contributed by atoms with E-state index in [-0.39, 0.29) is 18.4 Å². The number of amides is 1. The Morgan fingerprint density at radius 2 is 0.929 bits per heavy atom. The summed E-state index contributed by atoms with van der Waals surface area (Å²) in [6, 6.07) is 0. The summed E-state index contributed by atoms with van der Waals surface area (Å²) in [5, 5.41) is 42.0. The first-order valence-electron chi connectivity index (χ1n) is 28.4. The second-order valence-electron chi connectivity index (χ2n) is 19.0. The molecule has 0 aromatic heterocycles. The van der Waals surface area contributed by atoms with E-state index in [1.54, 1.807) is 0 Å². The van der Waals surface area contributed by atoms with Crippen molar-refractivity contribution in [3.8, 4) is 0 Å². The summed E-state index contributed by atoms with van der Waals surface area (Å²) in [6.07, 6.45) is 40.8. The first kappa shape index (κ1) is 66.9. The molecule has 0 spiro atoms. The summed E-state index contributed by atoms with van der Waals surface area (Å²) >= 11 is 1.15. The number of allylic oxidation sites excluding steroid dienone is 4. The third-order valence-electron chi connectivity index (χ3n) is 12.6. The van der Waals surface area contributed by atoms with Crippen LogP contribution in [-0.2, 0) is 38.0 Å². The molecule has 1 amide bonds. The van der Waals surface area contributed by atoms with Gasteiger partial charge < -0.3 is 58.9 Å². The summed E-state index contributed by atoms with van der Waals surface area (Å²) in [4.78, 5) is 12.2. The normalized spacial score (nSPS) is 19.0. The molecule has 1 rings (SSSR count). The van der Waals surface area contributed by atoms with E-state index < -0.39 is 36.5 Å². The van der Waals surface area contributed by atoms with E-state index in [0.29, 0.717) is 71.8 Å². The first-order valence-corrected chi connectivity index (χ1v) is 29.5. The van der Waals surface area contributed by atoms with Crippen molar-refractivity contribution in [2.45, 2.75) is 236 Å². The zero-order chi connectivity index (χ0) is 50.6. The Kier molecular flexibility index (Phi) is 50.4. The van der Waals surface area contributed by atoms with Gasteiger partial charge in [-0.25, -0.2) is 0 Å². The molecule has 0 aliphatic carbocycles.